The quantitative estimate of drug-likeness (QED) is 0.568. The molecule has 86 valence electrons. The molecule has 0 atom stereocenters. The summed E-state index contributed by atoms with van der Waals surface area (Å²) in [7, 11) is 2.92. The third-order valence-corrected chi connectivity index (χ3v) is 1.84. The molecule has 1 rings (SSSR count). The molecule has 0 heterocycles. The van der Waals surface area contributed by atoms with Crippen molar-refractivity contribution in [2.24, 2.45) is 10.3 Å². The van der Waals surface area contributed by atoms with Gasteiger partial charge in [0.2, 0.25) is 0 Å². The maximum Gasteiger partial charge on any atom is 0.123 e. The zero-order valence-corrected chi connectivity index (χ0v) is 9.18. The smallest absolute Gasteiger partial charge is 0.123 e. The van der Waals surface area contributed by atoms with E-state index < -0.39 is 0 Å². The van der Waals surface area contributed by atoms with Crippen LogP contribution in [0, 0.1) is 5.82 Å². The molecule has 0 fully saturated rings. The Hall–Kier alpha value is -1.91. The average molecular weight is 224 g/mol. The maximum atomic E-state index is 12.7. The van der Waals surface area contributed by atoms with Gasteiger partial charge in [0.05, 0.1) is 5.71 Å². The van der Waals surface area contributed by atoms with E-state index in [2.05, 4.69) is 15.1 Å². The molecule has 0 unspecified atom stereocenters. The number of oxime groups is 2. The lowest BCUT2D eigenvalue weighted by Gasteiger charge is -2.02. The molecule has 0 aliphatic rings. The van der Waals surface area contributed by atoms with Crippen LogP contribution in [-0.4, -0.2) is 26.1 Å². The highest BCUT2D eigenvalue weighted by Crippen LogP contribution is 2.06. The lowest BCUT2D eigenvalue weighted by Crippen LogP contribution is -2.02. The summed E-state index contributed by atoms with van der Waals surface area (Å²) in [5.41, 5.74) is 1.44. The van der Waals surface area contributed by atoms with Crippen molar-refractivity contribution in [3.63, 3.8) is 0 Å². The Bertz CT molecular complexity index is 374. The summed E-state index contributed by atoms with van der Waals surface area (Å²) in [5.74, 6) is -0.286. The molecule has 1 aromatic rings. The zero-order chi connectivity index (χ0) is 11.8. The number of nitrogens with zero attached hydrogens (tertiary/aromatic N) is 2. The van der Waals surface area contributed by atoms with E-state index in [0.717, 1.165) is 5.56 Å². The monoisotopic (exact) mass is 224 g/mol. The van der Waals surface area contributed by atoms with Crippen molar-refractivity contribution >= 4 is 11.9 Å². The van der Waals surface area contributed by atoms with E-state index >= 15 is 0 Å². The van der Waals surface area contributed by atoms with Gasteiger partial charge in [-0.25, -0.2) is 4.39 Å². The third kappa shape index (κ3) is 3.68. The predicted molar refractivity (Wildman–Crippen MR) is 60.1 cm³/mol. The van der Waals surface area contributed by atoms with Gasteiger partial charge in [0.15, 0.2) is 0 Å². The Morgan fingerprint density at radius 2 is 1.94 bits per heavy atom. The summed E-state index contributed by atoms with van der Waals surface area (Å²) in [6.45, 7) is 0. The van der Waals surface area contributed by atoms with Gasteiger partial charge >= 0.3 is 0 Å². The molecule has 4 nitrogen and oxygen atoms in total. The van der Waals surface area contributed by atoms with E-state index in [1.54, 1.807) is 18.3 Å². The van der Waals surface area contributed by atoms with Crippen LogP contribution < -0.4 is 0 Å². The highest BCUT2D eigenvalue weighted by atomic mass is 19.1. The Morgan fingerprint density at radius 1 is 1.25 bits per heavy atom. The van der Waals surface area contributed by atoms with Gasteiger partial charge in [-0.15, -0.1) is 0 Å². The highest BCUT2D eigenvalue weighted by Gasteiger charge is 2.03. The minimum atomic E-state index is -0.286. The fraction of sp³-hybridized carbons (Fsp3) is 0.273. The van der Waals surface area contributed by atoms with Crippen LogP contribution in [0.25, 0.3) is 0 Å². The largest absolute Gasteiger partial charge is 0.399 e. The van der Waals surface area contributed by atoms with E-state index in [1.165, 1.54) is 26.4 Å². The number of hydrogen-bond acceptors (Lipinski definition) is 4. The van der Waals surface area contributed by atoms with Crippen molar-refractivity contribution in [1.29, 1.82) is 0 Å². The van der Waals surface area contributed by atoms with Crippen molar-refractivity contribution in [2.75, 3.05) is 14.2 Å². The summed E-state index contributed by atoms with van der Waals surface area (Å²) < 4.78 is 12.7. The Balaban J connectivity index is 2.81. The molecule has 0 bridgehead atoms. The second-order valence-electron chi connectivity index (χ2n) is 2.90. The van der Waals surface area contributed by atoms with Gasteiger partial charge < -0.3 is 9.68 Å². The molecule has 0 saturated carbocycles. The molecule has 0 saturated heterocycles. The molecule has 0 aliphatic carbocycles. The molecule has 0 N–H and O–H groups in total. The predicted octanol–water partition coefficient (Wildman–Crippen LogP) is 2.20. The number of rotatable bonds is 5. The minimum Gasteiger partial charge on any atom is -0.399 e. The summed E-state index contributed by atoms with van der Waals surface area (Å²) in [6.07, 6.45) is 2.01. The van der Waals surface area contributed by atoms with Crippen molar-refractivity contribution in [3.05, 3.63) is 35.6 Å². The molecule has 0 amide bonds. The number of benzene rings is 1. The van der Waals surface area contributed by atoms with Crippen LogP contribution >= 0.6 is 0 Å². The first-order chi connectivity index (χ1) is 7.77. The molecule has 0 aliphatic heterocycles. The van der Waals surface area contributed by atoms with Gasteiger partial charge in [-0.05, 0) is 17.7 Å². The van der Waals surface area contributed by atoms with Crippen LogP contribution in [-0.2, 0) is 9.68 Å². The molecule has 0 aromatic heterocycles. The summed E-state index contributed by atoms with van der Waals surface area (Å²) in [6, 6.07) is 6.00. The SMILES string of the molecule is CO/N=C/C/C(=N\OC)c1ccc(F)cc1. The van der Waals surface area contributed by atoms with Crippen LogP contribution in [0.2, 0.25) is 0 Å². The molecular formula is C11H13FN2O2. The number of halogens is 1. The molecule has 16 heavy (non-hydrogen) atoms. The van der Waals surface area contributed by atoms with E-state index in [1.807, 2.05) is 0 Å². The highest BCUT2D eigenvalue weighted by molar-refractivity contribution is 6.06. The molecule has 1 aromatic carbocycles. The van der Waals surface area contributed by atoms with Gasteiger partial charge in [0.1, 0.15) is 20.0 Å². The van der Waals surface area contributed by atoms with Crippen LogP contribution in [0.15, 0.2) is 34.6 Å². The van der Waals surface area contributed by atoms with Crippen molar-refractivity contribution in [3.8, 4) is 0 Å². The number of hydrogen-bond donors (Lipinski definition) is 0. The zero-order valence-electron chi connectivity index (χ0n) is 9.18. The second-order valence-corrected chi connectivity index (χ2v) is 2.90. The minimum absolute atomic E-state index is 0.286. The Kier molecular flexibility index (Phi) is 4.98. The molecule has 5 heteroatoms. The van der Waals surface area contributed by atoms with E-state index in [9.17, 15) is 4.39 Å². The topological polar surface area (TPSA) is 43.2 Å². The van der Waals surface area contributed by atoms with Crippen molar-refractivity contribution < 1.29 is 14.1 Å². The first kappa shape index (κ1) is 12.2. The van der Waals surface area contributed by atoms with E-state index in [4.69, 9.17) is 4.84 Å². The van der Waals surface area contributed by atoms with Crippen molar-refractivity contribution in [1.82, 2.24) is 0 Å². The van der Waals surface area contributed by atoms with Crippen LogP contribution in [0.4, 0.5) is 4.39 Å². The van der Waals surface area contributed by atoms with Crippen LogP contribution in [0.3, 0.4) is 0 Å². The standard InChI is InChI=1S/C11H13FN2O2/c1-15-13-8-7-11(14-16-2)9-3-5-10(12)6-4-9/h3-6,8H,7H2,1-2H3/b13-8+,14-11+. The first-order valence-electron chi connectivity index (χ1n) is 4.69. The maximum absolute atomic E-state index is 12.7. The lowest BCUT2D eigenvalue weighted by atomic mass is 10.1. The normalized spacial score (nSPS) is 11.8. The van der Waals surface area contributed by atoms with Crippen LogP contribution in [0.1, 0.15) is 12.0 Å². The Morgan fingerprint density at radius 3 is 2.50 bits per heavy atom. The second kappa shape index (κ2) is 6.55. The molecular weight excluding hydrogens is 211 g/mol. The summed E-state index contributed by atoms with van der Waals surface area (Å²) >= 11 is 0. The van der Waals surface area contributed by atoms with Gasteiger partial charge in [-0.1, -0.05) is 22.4 Å². The van der Waals surface area contributed by atoms with Gasteiger partial charge in [-0.2, -0.15) is 0 Å². The molecule has 0 radical (unpaired) electrons. The fourth-order valence-corrected chi connectivity index (χ4v) is 1.16. The summed E-state index contributed by atoms with van der Waals surface area (Å²) in [4.78, 5) is 9.25. The van der Waals surface area contributed by atoms with Gasteiger partial charge in [0.25, 0.3) is 0 Å². The molecule has 0 spiro atoms. The third-order valence-electron chi connectivity index (χ3n) is 1.84. The average Bonchev–Trinajstić information content (AvgIpc) is 2.29. The lowest BCUT2D eigenvalue weighted by molar-refractivity contribution is 0.212. The van der Waals surface area contributed by atoms with Crippen molar-refractivity contribution in [2.45, 2.75) is 6.42 Å². The fourth-order valence-electron chi connectivity index (χ4n) is 1.16. The first-order valence-corrected chi connectivity index (χ1v) is 4.69. The van der Waals surface area contributed by atoms with E-state index in [0.29, 0.717) is 12.1 Å². The van der Waals surface area contributed by atoms with Gasteiger partial charge in [-0.3, -0.25) is 0 Å². The summed E-state index contributed by atoms with van der Waals surface area (Å²) in [5, 5.41) is 7.44. The Labute approximate surface area is 93.3 Å². The van der Waals surface area contributed by atoms with Crippen LogP contribution in [0.5, 0.6) is 0 Å². The van der Waals surface area contributed by atoms with E-state index in [-0.39, 0.29) is 5.82 Å². The van der Waals surface area contributed by atoms with Gasteiger partial charge in [0, 0.05) is 12.6 Å².